The summed E-state index contributed by atoms with van der Waals surface area (Å²) < 4.78 is 10.7. The topological polar surface area (TPSA) is 68.9 Å². The number of ether oxygens (including phenoxy) is 2. The number of methoxy groups -OCH3 is 1. The molecule has 1 aliphatic rings. The summed E-state index contributed by atoms with van der Waals surface area (Å²) in [6, 6.07) is 5.61. The van der Waals surface area contributed by atoms with Gasteiger partial charge in [0.25, 0.3) is 0 Å². The van der Waals surface area contributed by atoms with Crippen molar-refractivity contribution in [1.29, 1.82) is 0 Å². The molecular weight excluding hydrogens is 238 g/mol. The van der Waals surface area contributed by atoms with Crippen LogP contribution < -0.4 is 20.6 Å². The number of nitrogens with one attached hydrogen (secondary N) is 1. The first-order valence-electron chi connectivity index (χ1n) is 5.14. The van der Waals surface area contributed by atoms with E-state index in [-0.39, 0.29) is 5.11 Å². The molecule has 6 heteroatoms. The molecule has 2 rings (SSSR count). The number of benzene rings is 1. The highest BCUT2D eigenvalue weighted by molar-refractivity contribution is 7.80. The van der Waals surface area contributed by atoms with Gasteiger partial charge >= 0.3 is 0 Å². The highest BCUT2D eigenvalue weighted by Gasteiger charge is 2.17. The fourth-order valence-corrected chi connectivity index (χ4v) is 1.66. The van der Waals surface area contributed by atoms with Gasteiger partial charge in [0.05, 0.1) is 19.4 Å². The predicted molar refractivity (Wildman–Crippen MR) is 69.6 cm³/mol. The van der Waals surface area contributed by atoms with Crippen molar-refractivity contribution in [2.45, 2.75) is 6.42 Å². The van der Waals surface area contributed by atoms with Crippen molar-refractivity contribution >= 4 is 23.0 Å². The molecule has 0 fully saturated rings. The smallest absolute Gasteiger partial charge is 0.184 e. The summed E-state index contributed by atoms with van der Waals surface area (Å²) in [7, 11) is 1.62. The Kier molecular flexibility index (Phi) is 3.43. The summed E-state index contributed by atoms with van der Waals surface area (Å²) in [5.74, 6) is 1.52. The van der Waals surface area contributed by atoms with E-state index in [0.717, 1.165) is 29.2 Å². The van der Waals surface area contributed by atoms with Crippen LogP contribution in [0.15, 0.2) is 23.3 Å². The Morgan fingerprint density at radius 3 is 3.12 bits per heavy atom. The summed E-state index contributed by atoms with van der Waals surface area (Å²) in [5, 5.41) is 4.31. The Hall–Kier alpha value is -1.82. The molecule has 0 amide bonds. The second-order valence-corrected chi connectivity index (χ2v) is 3.93. The van der Waals surface area contributed by atoms with Crippen molar-refractivity contribution in [3.8, 4) is 11.5 Å². The van der Waals surface area contributed by atoms with Gasteiger partial charge < -0.3 is 15.2 Å². The van der Waals surface area contributed by atoms with Crippen LogP contribution in [0.5, 0.6) is 11.5 Å². The first-order valence-corrected chi connectivity index (χ1v) is 5.55. The Labute approximate surface area is 105 Å². The van der Waals surface area contributed by atoms with Crippen molar-refractivity contribution in [1.82, 2.24) is 5.43 Å². The zero-order chi connectivity index (χ0) is 12.3. The van der Waals surface area contributed by atoms with E-state index in [1.165, 1.54) is 0 Å². The van der Waals surface area contributed by atoms with Gasteiger partial charge in [-0.15, -0.1) is 0 Å². The molecule has 0 aliphatic carbocycles. The molecule has 0 saturated heterocycles. The van der Waals surface area contributed by atoms with E-state index < -0.39 is 0 Å². The van der Waals surface area contributed by atoms with Crippen LogP contribution in [0.1, 0.15) is 12.0 Å². The maximum absolute atomic E-state index is 5.55. The van der Waals surface area contributed by atoms with Gasteiger partial charge in [-0.05, 0) is 24.4 Å². The quantitative estimate of drug-likeness (QED) is 0.606. The first-order chi connectivity index (χ1) is 8.20. The van der Waals surface area contributed by atoms with Crippen LogP contribution in [0.2, 0.25) is 0 Å². The minimum atomic E-state index is 0.152. The molecule has 1 aromatic rings. The molecule has 0 spiro atoms. The molecule has 1 aromatic carbocycles. The number of hydrogen-bond donors (Lipinski definition) is 2. The Bertz CT molecular complexity index is 474. The molecular formula is C11H13N3O2S. The molecule has 1 aliphatic heterocycles. The Morgan fingerprint density at radius 1 is 1.59 bits per heavy atom. The number of hydrazone groups is 1. The average Bonchev–Trinajstić information content (AvgIpc) is 2.35. The van der Waals surface area contributed by atoms with E-state index in [2.05, 4.69) is 10.5 Å². The zero-order valence-electron chi connectivity index (χ0n) is 9.40. The molecule has 90 valence electrons. The van der Waals surface area contributed by atoms with Crippen LogP contribution in [-0.2, 0) is 0 Å². The van der Waals surface area contributed by atoms with Crippen LogP contribution in [0, 0.1) is 0 Å². The van der Waals surface area contributed by atoms with Crippen LogP contribution >= 0.6 is 12.2 Å². The number of hydrogen-bond acceptors (Lipinski definition) is 4. The summed E-state index contributed by atoms with van der Waals surface area (Å²) in [5.41, 5.74) is 9.74. The first kappa shape index (κ1) is 11.7. The van der Waals surface area contributed by atoms with E-state index in [1.807, 2.05) is 18.2 Å². The lowest BCUT2D eigenvalue weighted by Crippen LogP contribution is -2.27. The Balaban J connectivity index is 2.31. The van der Waals surface area contributed by atoms with Crippen molar-refractivity contribution in [2.24, 2.45) is 10.8 Å². The number of nitrogens with two attached hydrogens (primary N) is 1. The van der Waals surface area contributed by atoms with Gasteiger partial charge in [0, 0.05) is 18.1 Å². The van der Waals surface area contributed by atoms with Crippen LogP contribution in [0.3, 0.4) is 0 Å². The van der Waals surface area contributed by atoms with E-state index in [4.69, 9.17) is 27.4 Å². The van der Waals surface area contributed by atoms with Crippen molar-refractivity contribution in [3.05, 3.63) is 23.8 Å². The van der Waals surface area contributed by atoms with Gasteiger partial charge in [-0.3, -0.25) is 5.43 Å². The van der Waals surface area contributed by atoms with Crippen LogP contribution in [-0.4, -0.2) is 24.5 Å². The zero-order valence-corrected chi connectivity index (χ0v) is 10.2. The Morgan fingerprint density at radius 2 is 2.41 bits per heavy atom. The third-order valence-corrected chi connectivity index (χ3v) is 2.49. The summed E-state index contributed by atoms with van der Waals surface area (Å²) in [6.07, 6.45) is 0.717. The number of nitrogens with zero attached hydrogens (tertiary/aromatic N) is 1. The molecule has 0 radical (unpaired) electrons. The molecule has 0 bridgehead atoms. The van der Waals surface area contributed by atoms with Gasteiger partial charge in [-0.1, -0.05) is 0 Å². The van der Waals surface area contributed by atoms with Gasteiger partial charge in [-0.25, -0.2) is 0 Å². The van der Waals surface area contributed by atoms with E-state index in [1.54, 1.807) is 7.11 Å². The highest BCUT2D eigenvalue weighted by Crippen LogP contribution is 2.29. The number of rotatable bonds is 2. The lowest BCUT2D eigenvalue weighted by atomic mass is 10.0. The van der Waals surface area contributed by atoms with E-state index in [9.17, 15) is 0 Å². The van der Waals surface area contributed by atoms with E-state index in [0.29, 0.717) is 6.61 Å². The fourth-order valence-electron chi connectivity index (χ4n) is 1.62. The van der Waals surface area contributed by atoms with Crippen molar-refractivity contribution in [2.75, 3.05) is 13.7 Å². The lowest BCUT2D eigenvalue weighted by Gasteiger charge is -2.19. The predicted octanol–water partition coefficient (Wildman–Crippen LogP) is 1.01. The molecule has 17 heavy (non-hydrogen) atoms. The third kappa shape index (κ3) is 2.65. The maximum atomic E-state index is 5.55. The van der Waals surface area contributed by atoms with Crippen molar-refractivity contribution < 1.29 is 9.47 Å². The fraction of sp³-hybridized carbons (Fsp3) is 0.273. The normalized spacial score (nSPS) is 15.9. The molecule has 5 nitrogen and oxygen atoms in total. The van der Waals surface area contributed by atoms with Crippen LogP contribution in [0.25, 0.3) is 0 Å². The molecule has 3 N–H and O–H groups in total. The second kappa shape index (κ2) is 5.01. The second-order valence-electron chi connectivity index (χ2n) is 3.50. The SMILES string of the molecule is COc1ccc2c(c1)OCCC2=NNC(N)=S. The monoisotopic (exact) mass is 251 g/mol. The number of fused-ring (bicyclic) bond motifs is 1. The maximum Gasteiger partial charge on any atom is 0.184 e. The lowest BCUT2D eigenvalue weighted by molar-refractivity contribution is 0.317. The summed E-state index contributed by atoms with van der Waals surface area (Å²) in [4.78, 5) is 0. The molecule has 0 aromatic heterocycles. The summed E-state index contributed by atoms with van der Waals surface area (Å²) in [6.45, 7) is 0.581. The molecule has 0 atom stereocenters. The summed E-state index contributed by atoms with van der Waals surface area (Å²) >= 11 is 4.71. The van der Waals surface area contributed by atoms with Crippen LogP contribution in [0.4, 0.5) is 0 Å². The van der Waals surface area contributed by atoms with E-state index >= 15 is 0 Å². The van der Waals surface area contributed by atoms with Gasteiger partial charge in [0.1, 0.15) is 11.5 Å². The average molecular weight is 251 g/mol. The minimum Gasteiger partial charge on any atom is -0.497 e. The van der Waals surface area contributed by atoms with Gasteiger partial charge in [-0.2, -0.15) is 5.10 Å². The van der Waals surface area contributed by atoms with Gasteiger partial charge in [0.2, 0.25) is 0 Å². The van der Waals surface area contributed by atoms with Gasteiger partial charge in [0.15, 0.2) is 5.11 Å². The third-order valence-electron chi connectivity index (χ3n) is 2.40. The molecule has 0 unspecified atom stereocenters. The van der Waals surface area contributed by atoms with Crippen molar-refractivity contribution in [3.63, 3.8) is 0 Å². The largest absolute Gasteiger partial charge is 0.497 e. The standard InChI is InChI=1S/C11H13N3O2S/c1-15-7-2-3-8-9(13-14-11(12)17)4-5-16-10(8)6-7/h2-3,6H,4-5H2,1H3,(H3,12,14,17). The minimum absolute atomic E-state index is 0.152. The molecule has 0 saturated carbocycles. The highest BCUT2D eigenvalue weighted by atomic mass is 32.1. The molecule has 1 heterocycles. The number of thiocarbonyl (C=S) groups is 1.